The lowest BCUT2D eigenvalue weighted by atomic mass is 10.1. The van der Waals surface area contributed by atoms with Gasteiger partial charge in [0.1, 0.15) is 5.78 Å². The summed E-state index contributed by atoms with van der Waals surface area (Å²) < 4.78 is 10.5. The molecule has 0 aromatic heterocycles. The first-order chi connectivity index (χ1) is 5.20. The lowest BCUT2D eigenvalue weighted by Crippen LogP contribution is -2.20. The van der Waals surface area contributed by atoms with Gasteiger partial charge in [-0.1, -0.05) is 6.92 Å². The van der Waals surface area contributed by atoms with Gasteiger partial charge >= 0.3 is 0 Å². The summed E-state index contributed by atoms with van der Waals surface area (Å²) in [6, 6.07) is 0. The Labute approximate surface area is 66.7 Å². The van der Waals surface area contributed by atoms with Gasteiger partial charge in [-0.3, -0.25) is 0 Å². The van der Waals surface area contributed by atoms with E-state index in [1.165, 1.54) is 0 Å². The van der Waals surface area contributed by atoms with Crippen LogP contribution in [0.15, 0.2) is 0 Å². The number of rotatable bonds is 3. The van der Waals surface area contributed by atoms with Crippen LogP contribution in [-0.4, -0.2) is 25.3 Å². The van der Waals surface area contributed by atoms with E-state index < -0.39 is 0 Å². The van der Waals surface area contributed by atoms with Crippen molar-refractivity contribution in [3.05, 3.63) is 0 Å². The van der Waals surface area contributed by atoms with Crippen LogP contribution >= 0.6 is 0 Å². The van der Waals surface area contributed by atoms with Crippen LogP contribution in [-0.2, 0) is 14.3 Å². The van der Waals surface area contributed by atoms with Crippen molar-refractivity contribution < 1.29 is 14.3 Å². The van der Waals surface area contributed by atoms with E-state index in [1.54, 1.807) is 6.92 Å². The number of hydrogen-bond acceptors (Lipinski definition) is 3. The van der Waals surface area contributed by atoms with E-state index in [9.17, 15) is 4.79 Å². The van der Waals surface area contributed by atoms with E-state index in [0.29, 0.717) is 19.6 Å². The molecule has 0 aliphatic carbocycles. The molecule has 0 aromatic rings. The molecule has 1 rings (SSSR count). The van der Waals surface area contributed by atoms with Crippen LogP contribution in [0, 0.1) is 5.92 Å². The number of ketones is 1. The summed E-state index contributed by atoms with van der Waals surface area (Å²) in [6.45, 7) is 4.88. The highest BCUT2D eigenvalue weighted by Gasteiger charge is 2.23. The molecule has 3 nitrogen and oxygen atoms in total. The highest BCUT2D eigenvalue weighted by atomic mass is 16.7. The third-order valence-electron chi connectivity index (χ3n) is 1.72. The van der Waals surface area contributed by atoms with E-state index in [-0.39, 0.29) is 18.0 Å². The SMILES string of the molecule is CC(=O)CC(C)C1OCCO1. The van der Waals surface area contributed by atoms with E-state index in [2.05, 4.69) is 0 Å². The van der Waals surface area contributed by atoms with Crippen molar-refractivity contribution in [2.24, 2.45) is 5.92 Å². The van der Waals surface area contributed by atoms with Crippen molar-refractivity contribution in [2.45, 2.75) is 26.6 Å². The molecule has 1 aliphatic heterocycles. The Kier molecular flexibility index (Phi) is 3.02. The number of hydrogen-bond donors (Lipinski definition) is 0. The summed E-state index contributed by atoms with van der Waals surface area (Å²) in [7, 11) is 0. The fourth-order valence-corrected chi connectivity index (χ4v) is 1.25. The minimum atomic E-state index is -0.154. The fourth-order valence-electron chi connectivity index (χ4n) is 1.25. The average Bonchev–Trinajstić information content (AvgIpc) is 2.35. The summed E-state index contributed by atoms with van der Waals surface area (Å²) in [5.41, 5.74) is 0. The predicted octanol–water partition coefficient (Wildman–Crippen LogP) is 0.974. The third kappa shape index (κ3) is 2.60. The Morgan fingerprint density at radius 2 is 2.09 bits per heavy atom. The van der Waals surface area contributed by atoms with Gasteiger partial charge in [0.2, 0.25) is 0 Å². The fraction of sp³-hybridized carbons (Fsp3) is 0.875. The molecule has 1 unspecified atom stereocenters. The maximum atomic E-state index is 10.7. The Morgan fingerprint density at radius 1 is 1.55 bits per heavy atom. The molecule has 0 N–H and O–H groups in total. The van der Waals surface area contributed by atoms with Gasteiger partial charge in [0.15, 0.2) is 6.29 Å². The van der Waals surface area contributed by atoms with Crippen LogP contribution in [0.4, 0.5) is 0 Å². The maximum absolute atomic E-state index is 10.7. The molecule has 11 heavy (non-hydrogen) atoms. The van der Waals surface area contributed by atoms with Gasteiger partial charge in [-0.05, 0) is 6.92 Å². The smallest absolute Gasteiger partial charge is 0.160 e. The summed E-state index contributed by atoms with van der Waals surface area (Å²) in [5, 5.41) is 0. The van der Waals surface area contributed by atoms with E-state index in [0.717, 1.165) is 0 Å². The van der Waals surface area contributed by atoms with Gasteiger partial charge in [0.25, 0.3) is 0 Å². The standard InChI is InChI=1S/C8H14O3/c1-6(5-7(2)9)8-10-3-4-11-8/h6,8H,3-5H2,1-2H3. The molecule has 1 fully saturated rings. The molecule has 0 saturated carbocycles. The van der Waals surface area contributed by atoms with Crippen LogP contribution in [0.5, 0.6) is 0 Å². The summed E-state index contributed by atoms with van der Waals surface area (Å²) in [4.78, 5) is 10.7. The van der Waals surface area contributed by atoms with Crippen molar-refractivity contribution >= 4 is 5.78 Å². The van der Waals surface area contributed by atoms with Gasteiger partial charge in [0.05, 0.1) is 13.2 Å². The van der Waals surface area contributed by atoms with Crippen LogP contribution in [0.3, 0.4) is 0 Å². The molecule has 0 aromatic carbocycles. The Bertz CT molecular complexity index is 138. The Hall–Kier alpha value is -0.410. The van der Waals surface area contributed by atoms with Gasteiger partial charge in [-0.2, -0.15) is 0 Å². The summed E-state index contributed by atoms with van der Waals surface area (Å²) in [6.07, 6.45) is 0.392. The molecule has 1 heterocycles. The van der Waals surface area contributed by atoms with E-state index in [4.69, 9.17) is 9.47 Å². The number of Topliss-reactive ketones (excluding diaryl/α,β-unsaturated/α-hetero) is 1. The molecule has 1 aliphatic rings. The molecule has 1 atom stereocenters. The average molecular weight is 158 g/mol. The molecular weight excluding hydrogens is 144 g/mol. The van der Waals surface area contributed by atoms with Gasteiger partial charge < -0.3 is 14.3 Å². The zero-order chi connectivity index (χ0) is 8.27. The zero-order valence-electron chi connectivity index (χ0n) is 7.00. The first-order valence-electron chi connectivity index (χ1n) is 3.93. The highest BCUT2D eigenvalue weighted by molar-refractivity contribution is 5.75. The predicted molar refractivity (Wildman–Crippen MR) is 40.2 cm³/mol. The maximum Gasteiger partial charge on any atom is 0.160 e. The van der Waals surface area contributed by atoms with Crippen LogP contribution in [0.1, 0.15) is 20.3 Å². The van der Waals surface area contributed by atoms with Crippen LogP contribution < -0.4 is 0 Å². The van der Waals surface area contributed by atoms with E-state index >= 15 is 0 Å². The quantitative estimate of drug-likeness (QED) is 0.614. The lowest BCUT2D eigenvalue weighted by molar-refractivity contribution is -0.123. The third-order valence-corrected chi connectivity index (χ3v) is 1.72. The molecule has 0 spiro atoms. The van der Waals surface area contributed by atoms with Crippen molar-refractivity contribution in [2.75, 3.05) is 13.2 Å². The minimum Gasteiger partial charge on any atom is -0.350 e. The largest absolute Gasteiger partial charge is 0.350 e. The first kappa shape index (κ1) is 8.68. The number of carbonyl (C=O) groups excluding carboxylic acids is 1. The second-order valence-corrected chi connectivity index (χ2v) is 2.99. The van der Waals surface area contributed by atoms with Gasteiger partial charge in [0, 0.05) is 12.3 Å². The van der Waals surface area contributed by atoms with Crippen molar-refractivity contribution in [1.29, 1.82) is 0 Å². The topological polar surface area (TPSA) is 35.5 Å². The number of carbonyl (C=O) groups is 1. The normalized spacial score (nSPS) is 22.0. The summed E-state index contributed by atoms with van der Waals surface area (Å²) in [5.74, 6) is 0.381. The lowest BCUT2D eigenvalue weighted by Gasteiger charge is -2.15. The van der Waals surface area contributed by atoms with Crippen molar-refractivity contribution in [3.63, 3.8) is 0 Å². The van der Waals surface area contributed by atoms with E-state index in [1.807, 2.05) is 6.92 Å². The zero-order valence-corrected chi connectivity index (χ0v) is 7.00. The first-order valence-corrected chi connectivity index (χ1v) is 3.93. The second kappa shape index (κ2) is 3.83. The number of ether oxygens (including phenoxy) is 2. The summed E-state index contributed by atoms with van der Waals surface area (Å²) >= 11 is 0. The highest BCUT2D eigenvalue weighted by Crippen LogP contribution is 2.17. The molecule has 1 saturated heterocycles. The molecular formula is C8H14O3. The molecule has 64 valence electrons. The van der Waals surface area contributed by atoms with Crippen molar-refractivity contribution in [1.82, 2.24) is 0 Å². The monoisotopic (exact) mass is 158 g/mol. The van der Waals surface area contributed by atoms with Crippen LogP contribution in [0.2, 0.25) is 0 Å². The van der Waals surface area contributed by atoms with Gasteiger partial charge in [-0.15, -0.1) is 0 Å². The molecule has 0 amide bonds. The Morgan fingerprint density at radius 3 is 2.55 bits per heavy atom. The molecule has 3 heteroatoms. The Balaban J connectivity index is 2.28. The van der Waals surface area contributed by atoms with Crippen molar-refractivity contribution in [3.8, 4) is 0 Å². The molecule has 0 bridgehead atoms. The van der Waals surface area contributed by atoms with Crippen LogP contribution in [0.25, 0.3) is 0 Å². The second-order valence-electron chi connectivity index (χ2n) is 2.99. The minimum absolute atomic E-state index is 0.154. The molecule has 0 radical (unpaired) electrons. The van der Waals surface area contributed by atoms with Gasteiger partial charge in [-0.25, -0.2) is 0 Å².